The average molecular weight is 416 g/mol. The highest BCUT2D eigenvalue weighted by Gasteiger charge is 2.18. The Balaban J connectivity index is 1.60. The van der Waals surface area contributed by atoms with Crippen molar-refractivity contribution in [3.8, 4) is 5.75 Å². The molecule has 3 aromatic rings. The fraction of sp³-hybridized carbons (Fsp3) is 0.158. The van der Waals surface area contributed by atoms with Crippen LogP contribution in [0.25, 0.3) is 10.9 Å². The molecule has 0 bridgehead atoms. The number of hydrogen-bond donors (Lipinski definition) is 3. The van der Waals surface area contributed by atoms with Crippen molar-refractivity contribution in [2.24, 2.45) is 0 Å². The summed E-state index contributed by atoms with van der Waals surface area (Å²) in [6, 6.07) is 13.0. The first-order valence-corrected chi connectivity index (χ1v) is 8.84. The molecule has 0 radical (unpaired) electrons. The molecule has 3 N–H and O–H groups in total. The molecule has 0 aliphatic heterocycles. The number of amides is 2. The predicted octanol–water partition coefficient (Wildman–Crippen LogP) is 3.47. The van der Waals surface area contributed by atoms with Gasteiger partial charge in [-0.2, -0.15) is 0 Å². The fourth-order valence-electron chi connectivity index (χ4n) is 2.49. The molecule has 7 heteroatoms. The van der Waals surface area contributed by atoms with E-state index in [1.54, 1.807) is 19.2 Å². The van der Waals surface area contributed by atoms with E-state index in [-0.39, 0.29) is 0 Å². The number of carbonyl (C=O) groups is 2. The predicted molar refractivity (Wildman–Crippen MR) is 103 cm³/mol. The van der Waals surface area contributed by atoms with Crippen molar-refractivity contribution in [3.63, 3.8) is 0 Å². The van der Waals surface area contributed by atoms with Crippen LogP contribution in [0.15, 0.2) is 53.1 Å². The van der Waals surface area contributed by atoms with Crippen LogP contribution >= 0.6 is 15.9 Å². The number of rotatable bonds is 4. The van der Waals surface area contributed by atoms with Gasteiger partial charge in [-0.05, 0) is 53.5 Å². The summed E-state index contributed by atoms with van der Waals surface area (Å²) in [7, 11) is 0. The zero-order valence-electron chi connectivity index (χ0n) is 14.3. The molecule has 2 amide bonds. The molecule has 1 heterocycles. The van der Waals surface area contributed by atoms with E-state index >= 15 is 0 Å². The minimum atomic E-state index is -0.780. The summed E-state index contributed by atoms with van der Waals surface area (Å²) in [5.41, 5.74) is 7.19. The molecule has 134 valence electrons. The number of nitrogens with one attached hydrogen (secondary N) is 3. The molecule has 0 aliphatic rings. The van der Waals surface area contributed by atoms with E-state index < -0.39 is 17.9 Å². The molecule has 0 saturated carbocycles. The summed E-state index contributed by atoms with van der Waals surface area (Å²) in [4.78, 5) is 27.5. The number of para-hydroxylation sites is 1. The number of H-pyrrole nitrogens is 1. The van der Waals surface area contributed by atoms with Crippen LogP contribution in [0.1, 0.15) is 22.8 Å². The Morgan fingerprint density at radius 2 is 1.92 bits per heavy atom. The molecule has 6 nitrogen and oxygen atoms in total. The molecule has 26 heavy (non-hydrogen) atoms. The van der Waals surface area contributed by atoms with Gasteiger partial charge in [-0.1, -0.05) is 24.3 Å². The highest BCUT2D eigenvalue weighted by atomic mass is 79.9. The second kappa shape index (κ2) is 7.61. The van der Waals surface area contributed by atoms with Gasteiger partial charge in [0.05, 0.1) is 10.0 Å². The van der Waals surface area contributed by atoms with Gasteiger partial charge in [-0.25, -0.2) is 0 Å². The molecular weight excluding hydrogens is 398 g/mol. The lowest BCUT2D eigenvalue weighted by molar-refractivity contribution is -0.128. The Labute approximate surface area is 159 Å². The van der Waals surface area contributed by atoms with Gasteiger partial charge in [0.25, 0.3) is 11.8 Å². The van der Waals surface area contributed by atoms with Crippen molar-refractivity contribution in [1.82, 2.24) is 15.8 Å². The van der Waals surface area contributed by atoms with Crippen molar-refractivity contribution in [1.29, 1.82) is 0 Å². The molecule has 0 unspecified atom stereocenters. The third kappa shape index (κ3) is 3.88. The van der Waals surface area contributed by atoms with E-state index in [0.29, 0.717) is 11.3 Å². The van der Waals surface area contributed by atoms with Crippen molar-refractivity contribution >= 4 is 38.6 Å². The Morgan fingerprint density at radius 3 is 2.69 bits per heavy atom. The number of hydrogen-bond acceptors (Lipinski definition) is 3. The molecule has 0 fully saturated rings. The molecule has 0 spiro atoms. The Bertz CT molecular complexity index is 968. The van der Waals surface area contributed by atoms with Crippen LogP contribution in [0.5, 0.6) is 5.75 Å². The van der Waals surface area contributed by atoms with Crippen molar-refractivity contribution in [2.75, 3.05) is 0 Å². The molecule has 2 aromatic carbocycles. The second-order valence-electron chi connectivity index (χ2n) is 5.89. The van der Waals surface area contributed by atoms with Gasteiger partial charge in [-0.15, -0.1) is 0 Å². The van der Waals surface area contributed by atoms with Crippen LogP contribution in [0, 0.1) is 6.92 Å². The van der Waals surface area contributed by atoms with Crippen LogP contribution in [0.3, 0.4) is 0 Å². The monoisotopic (exact) mass is 415 g/mol. The summed E-state index contributed by atoms with van der Waals surface area (Å²) < 4.78 is 6.40. The van der Waals surface area contributed by atoms with Crippen molar-refractivity contribution in [2.45, 2.75) is 20.0 Å². The molecule has 1 atom stereocenters. The molecule has 0 saturated heterocycles. The van der Waals surface area contributed by atoms with Gasteiger partial charge in [-0.3, -0.25) is 20.4 Å². The zero-order valence-corrected chi connectivity index (χ0v) is 15.9. The summed E-state index contributed by atoms with van der Waals surface area (Å²) in [5.74, 6) is -0.300. The number of carbonyl (C=O) groups excluding carboxylic acids is 2. The quantitative estimate of drug-likeness (QED) is 0.570. The normalized spacial score (nSPS) is 11.8. The van der Waals surface area contributed by atoms with E-state index in [0.717, 1.165) is 20.9 Å². The lowest BCUT2D eigenvalue weighted by Gasteiger charge is -2.16. The SMILES string of the molecule is Cc1ccc(O[C@@H](C)C(=O)NNC(=O)c2c[nH]c3ccccc23)c(Br)c1. The van der Waals surface area contributed by atoms with Gasteiger partial charge in [0.1, 0.15) is 5.75 Å². The van der Waals surface area contributed by atoms with Crippen molar-refractivity contribution < 1.29 is 14.3 Å². The number of hydrazine groups is 1. The van der Waals surface area contributed by atoms with Gasteiger partial charge in [0.2, 0.25) is 0 Å². The number of fused-ring (bicyclic) bond motifs is 1. The van der Waals surface area contributed by atoms with Gasteiger partial charge in [0.15, 0.2) is 6.10 Å². The molecular formula is C19H18BrN3O3. The number of aromatic amines is 1. The third-order valence-electron chi connectivity index (χ3n) is 3.89. The fourth-order valence-corrected chi connectivity index (χ4v) is 3.08. The average Bonchev–Trinajstić information content (AvgIpc) is 3.06. The highest BCUT2D eigenvalue weighted by molar-refractivity contribution is 9.10. The van der Waals surface area contributed by atoms with Crippen molar-refractivity contribution in [3.05, 3.63) is 64.3 Å². The van der Waals surface area contributed by atoms with Gasteiger partial charge in [0, 0.05) is 17.1 Å². The van der Waals surface area contributed by atoms with Crippen LogP contribution in [-0.2, 0) is 4.79 Å². The maximum atomic E-state index is 12.3. The number of ether oxygens (including phenoxy) is 1. The summed E-state index contributed by atoms with van der Waals surface area (Å²) in [6.07, 6.45) is 0.826. The maximum absolute atomic E-state index is 12.3. The van der Waals surface area contributed by atoms with E-state index in [1.165, 1.54) is 0 Å². The Morgan fingerprint density at radius 1 is 1.15 bits per heavy atom. The van der Waals surface area contributed by atoms with Crippen LogP contribution in [0.2, 0.25) is 0 Å². The molecule has 1 aromatic heterocycles. The summed E-state index contributed by atoms with van der Waals surface area (Å²) in [6.45, 7) is 3.57. The first-order chi connectivity index (χ1) is 12.5. The highest BCUT2D eigenvalue weighted by Crippen LogP contribution is 2.26. The molecule has 3 rings (SSSR count). The lowest BCUT2D eigenvalue weighted by Crippen LogP contribution is -2.47. The second-order valence-corrected chi connectivity index (χ2v) is 6.74. The maximum Gasteiger partial charge on any atom is 0.279 e. The van der Waals surface area contributed by atoms with Gasteiger partial charge < -0.3 is 9.72 Å². The van der Waals surface area contributed by atoms with E-state index in [2.05, 4.69) is 31.8 Å². The summed E-state index contributed by atoms with van der Waals surface area (Å²) in [5, 5.41) is 0.784. The minimum Gasteiger partial charge on any atom is -0.480 e. The Hall–Kier alpha value is -2.80. The molecule has 0 aliphatic carbocycles. The van der Waals surface area contributed by atoms with E-state index in [9.17, 15) is 9.59 Å². The number of benzene rings is 2. The largest absolute Gasteiger partial charge is 0.480 e. The first kappa shape index (κ1) is 18.0. The Kier molecular flexibility index (Phi) is 5.27. The third-order valence-corrected chi connectivity index (χ3v) is 4.51. The van der Waals surface area contributed by atoms with Crippen LogP contribution in [0.4, 0.5) is 0 Å². The van der Waals surface area contributed by atoms with Crippen LogP contribution < -0.4 is 15.6 Å². The lowest BCUT2D eigenvalue weighted by atomic mass is 10.2. The summed E-state index contributed by atoms with van der Waals surface area (Å²) >= 11 is 3.41. The van der Waals surface area contributed by atoms with Crippen LogP contribution in [-0.4, -0.2) is 22.9 Å². The zero-order chi connectivity index (χ0) is 18.7. The van der Waals surface area contributed by atoms with E-state index in [4.69, 9.17) is 4.74 Å². The minimum absolute atomic E-state index is 0.403. The smallest absolute Gasteiger partial charge is 0.279 e. The first-order valence-electron chi connectivity index (χ1n) is 8.05. The standard InChI is InChI=1S/C19H18BrN3O3/c1-11-7-8-17(15(20)9-11)26-12(2)18(24)22-23-19(25)14-10-21-16-6-4-3-5-13(14)16/h3-10,12,21H,1-2H3,(H,22,24)(H,23,25)/t12-/m0/s1. The topological polar surface area (TPSA) is 83.2 Å². The number of halogens is 1. The number of aromatic nitrogens is 1. The van der Waals surface area contributed by atoms with Gasteiger partial charge >= 0.3 is 0 Å². The number of aryl methyl sites for hydroxylation is 1. The van der Waals surface area contributed by atoms with E-state index in [1.807, 2.05) is 43.3 Å².